The predicted octanol–water partition coefficient (Wildman–Crippen LogP) is 1.72. The van der Waals surface area contributed by atoms with Crippen molar-refractivity contribution in [1.29, 1.82) is 0 Å². The lowest BCUT2D eigenvalue weighted by atomic mass is 9.96. The Hall–Kier alpha value is -2.44. The van der Waals surface area contributed by atoms with E-state index in [1.165, 1.54) is 13.3 Å². The Morgan fingerprint density at radius 3 is 3.03 bits per heavy atom. The third-order valence-corrected chi connectivity index (χ3v) is 7.36. The van der Waals surface area contributed by atoms with E-state index in [4.69, 9.17) is 24.0 Å². The van der Waals surface area contributed by atoms with Crippen LogP contribution in [-0.2, 0) is 22.9 Å². The largest absolute Gasteiger partial charge is 0.475 e. The van der Waals surface area contributed by atoms with Gasteiger partial charge >= 0.3 is 7.82 Å². The first-order valence-corrected chi connectivity index (χ1v) is 11.8. The number of hydrogen-bond acceptors (Lipinski definition) is 11. The first kappa shape index (κ1) is 22.4. The molecular formula is C20H24N5O7P. The van der Waals surface area contributed by atoms with E-state index in [2.05, 4.69) is 15.0 Å². The number of aliphatic hydroxyl groups is 2. The lowest BCUT2D eigenvalue weighted by Gasteiger charge is -2.30. The highest BCUT2D eigenvalue weighted by molar-refractivity contribution is 7.48. The average molecular weight is 477 g/mol. The average Bonchev–Trinajstić information content (AvgIpc) is 3.33. The minimum atomic E-state index is -3.93. The maximum absolute atomic E-state index is 13.0. The smallest absolute Gasteiger partial charge is 0.387 e. The number of pyridine rings is 1. The van der Waals surface area contributed by atoms with Gasteiger partial charge in [-0.15, -0.1) is 0 Å². The van der Waals surface area contributed by atoms with Crippen LogP contribution in [0.3, 0.4) is 0 Å². The maximum atomic E-state index is 13.0. The predicted molar refractivity (Wildman–Crippen MR) is 115 cm³/mol. The van der Waals surface area contributed by atoms with Gasteiger partial charge in [0.25, 0.3) is 0 Å². The lowest BCUT2D eigenvalue weighted by molar-refractivity contribution is -0.0950. The fourth-order valence-corrected chi connectivity index (χ4v) is 5.49. The first-order valence-electron chi connectivity index (χ1n) is 10.4. The molecule has 6 atom stereocenters. The Morgan fingerprint density at radius 2 is 2.24 bits per heavy atom. The molecule has 33 heavy (non-hydrogen) atoms. The number of ether oxygens (including phenoxy) is 1. The zero-order chi connectivity index (χ0) is 23.2. The minimum Gasteiger partial charge on any atom is -0.387 e. The van der Waals surface area contributed by atoms with Gasteiger partial charge in [0.15, 0.2) is 6.23 Å². The summed E-state index contributed by atoms with van der Waals surface area (Å²) in [5.74, 6) is 0.282. The second-order valence-corrected chi connectivity index (χ2v) is 9.78. The molecule has 2 fully saturated rings. The normalized spacial score (nSPS) is 34.6. The number of rotatable bonds is 5. The van der Waals surface area contributed by atoms with Gasteiger partial charge in [0.05, 0.1) is 24.7 Å². The molecule has 0 spiro atoms. The molecular weight excluding hydrogens is 453 g/mol. The minimum absolute atomic E-state index is 0.168. The fourth-order valence-electron chi connectivity index (χ4n) is 4.09. The molecule has 5 rings (SSSR count). The molecule has 0 bridgehead atoms. The van der Waals surface area contributed by atoms with E-state index in [0.29, 0.717) is 17.5 Å². The second-order valence-electron chi connectivity index (χ2n) is 8.16. The molecule has 0 radical (unpaired) electrons. The Labute approximate surface area is 188 Å². The summed E-state index contributed by atoms with van der Waals surface area (Å²) in [4.78, 5) is 12.2. The first-order chi connectivity index (χ1) is 15.8. The SMILES string of the molecule is C[C@@]1(O)[C@H](O)[C@@H](CO[P@]2(=O)OCC[C@H](c3cccnc3)O2)O[C@H]1n1ccc2c(N)ncnc21. The molecule has 4 N–H and O–H groups in total. The van der Waals surface area contributed by atoms with Crippen molar-refractivity contribution < 1.29 is 33.1 Å². The van der Waals surface area contributed by atoms with Gasteiger partial charge in [0, 0.05) is 25.0 Å². The van der Waals surface area contributed by atoms with Gasteiger partial charge < -0.3 is 25.3 Å². The van der Waals surface area contributed by atoms with E-state index in [1.54, 1.807) is 35.3 Å². The van der Waals surface area contributed by atoms with Gasteiger partial charge in [-0.25, -0.2) is 14.5 Å². The third kappa shape index (κ3) is 4.04. The number of nitrogen functional groups attached to an aromatic ring is 1. The molecule has 2 aliphatic heterocycles. The molecule has 0 aromatic carbocycles. The molecule has 0 aliphatic carbocycles. The summed E-state index contributed by atoms with van der Waals surface area (Å²) in [5.41, 5.74) is 5.37. The van der Waals surface area contributed by atoms with Crippen LogP contribution in [0.4, 0.5) is 5.82 Å². The van der Waals surface area contributed by atoms with Gasteiger partial charge in [0.2, 0.25) is 0 Å². The van der Waals surface area contributed by atoms with Crippen LogP contribution in [0, 0.1) is 0 Å². The van der Waals surface area contributed by atoms with Crippen LogP contribution in [0.2, 0.25) is 0 Å². The second kappa shape index (κ2) is 8.41. The Kier molecular flexibility index (Phi) is 5.69. The molecule has 13 heteroatoms. The van der Waals surface area contributed by atoms with Crippen LogP contribution < -0.4 is 5.73 Å². The van der Waals surface area contributed by atoms with Crippen LogP contribution in [0.15, 0.2) is 43.1 Å². The van der Waals surface area contributed by atoms with E-state index in [-0.39, 0.29) is 19.0 Å². The van der Waals surface area contributed by atoms with E-state index in [9.17, 15) is 14.8 Å². The molecule has 3 aromatic rings. The number of anilines is 1. The maximum Gasteiger partial charge on any atom is 0.475 e. The zero-order valence-corrected chi connectivity index (χ0v) is 18.6. The molecule has 0 amide bonds. The number of aromatic nitrogens is 4. The summed E-state index contributed by atoms with van der Waals surface area (Å²) in [6, 6.07) is 5.27. The van der Waals surface area contributed by atoms with Crippen LogP contribution >= 0.6 is 7.82 Å². The number of phosphoric acid groups is 1. The monoisotopic (exact) mass is 477 g/mol. The topological polar surface area (TPSA) is 164 Å². The summed E-state index contributed by atoms with van der Waals surface area (Å²) in [6.07, 6.45) is 2.81. The van der Waals surface area contributed by atoms with Gasteiger partial charge in [-0.3, -0.25) is 18.6 Å². The quantitative estimate of drug-likeness (QED) is 0.458. The van der Waals surface area contributed by atoms with Crippen molar-refractivity contribution >= 4 is 24.7 Å². The highest BCUT2D eigenvalue weighted by atomic mass is 31.2. The Bertz CT molecular complexity index is 1190. The van der Waals surface area contributed by atoms with Crippen molar-refractivity contribution in [3.05, 3.63) is 48.7 Å². The van der Waals surface area contributed by atoms with Crippen molar-refractivity contribution in [3.63, 3.8) is 0 Å². The highest BCUT2D eigenvalue weighted by Crippen LogP contribution is 2.57. The molecule has 3 aromatic heterocycles. The third-order valence-electron chi connectivity index (χ3n) is 5.89. The van der Waals surface area contributed by atoms with Crippen LogP contribution in [0.25, 0.3) is 11.0 Å². The number of fused-ring (bicyclic) bond motifs is 1. The van der Waals surface area contributed by atoms with Gasteiger partial charge in [-0.1, -0.05) is 6.07 Å². The van der Waals surface area contributed by atoms with Gasteiger partial charge in [0.1, 0.15) is 35.6 Å². The molecule has 12 nitrogen and oxygen atoms in total. The van der Waals surface area contributed by atoms with Crippen LogP contribution in [0.5, 0.6) is 0 Å². The summed E-state index contributed by atoms with van der Waals surface area (Å²) in [5, 5.41) is 22.4. The zero-order valence-electron chi connectivity index (χ0n) is 17.7. The molecule has 2 saturated heterocycles. The Morgan fingerprint density at radius 1 is 1.39 bits per heavy atom. The van der Waals surface area contributed by atoms with Gasteiger partial charge in [-0.2, -0.15) is 0 Å². The fraction of sp³-hybridized carbons (Fsp3) is 0.450. The van der Waals surface area contributed by atoms with Crippen molar-refractivity contribution in [2.45, 2.75) is 43.5 Å². The number of nitrogens with zero attached hydrogens (tertiary/aromatic N) is 4. The molecule has 5 heterocycles. The van der Waals surface area contributed by atoms with E-state index < -0.39 is 38.0 Å². The summed E-state index contributed by atoms with van der Waals surface area (Å²) < 4.78 is 36.9. The lowest BCUT2D eigenvalue weighted by Crippen LogP contribution is -2.44. The summed E-state index contributed by atoms with van der Waals surface area (Å²) in [7, 11) is -3.93. The van der Waals surface area contributed by atoms with Crippen LogP contribution in [0.1, 0.15) is 31.2 Å². The molecule has 0 unspecified atom stereocenters. The summed E-state index contributed by atoms with van der Waals surface area (Å²) in [6.45, 7) is 1.27. The van der Waals surface area contributed by atoms with Gasteiger partial charge in [-0.05, 0) is 24.6 Å². The van der Waals surface area contributed by atoms with E-state index >= 15 is 0 Å². The van der Waals surface area contributed by atoms with Crippen molar-refractivity contribution in [1.82, 2.24) is 19.5 Å². The molecule has 2 aliphatic rings. The van der Waals surface area contributed by atoms with E-state index in [1.807, 2.05) is 6.07 Å². The van der Waals surface area contributed by atoms with E-state index in [0.717, 1.165) is 5.56 Å². The molecule has 0 saturated carbocycles. The van der Waals surface area contributed by atoms with Crippen molar-refractivity contribution in [3.8, 4) is 0 Å². The highest BCUT2D eigenvalue weighted by Gasteiger charge is 2.54. The molecule has 176 valence electrons. The standard InChI is InChI=1S/C20H24N5O7P/c1-20(27)16(26)15(31-19(20)25-7-4-13-17(21)23-11-24-18(13)25)10-30-33(28)29-8-5-14(32-33)12-3-2-6-22-9-12/h2-4,6-7,9,11,14-16,19,26-27H,5,8,10H2,1H3,(H2,21,23,24)/t14-,15-,16-,19-,20-,33+/m1/s1. The van der Waals surface area contributed by atoms with Crippen molar-refractivity contribution in [2.24, 2.45) is 0 Å². The number of aliphatic hydroxyl groups excluding tert-OH is 1. The summed E-state index contributed by atoms with van der Waals surface area (Å²) >= 11 is 0. The number of nitrogens with two attached hydrogens (primary N) is 1. The number of hydrogen-bond donors (Lipinski definition) is 3. The van der Waals surface area contributed by atoms with Crippen molar-refractivity contribution in [2.75, 3.05) is 18.9 Å². The van der Waals surface area contributed by atoms with Crippen LogP contribution in [-0.4, -0.2) is 60.8 Å². The number of phosphoric ester groups is 1. The Balaban J connectivity index is 1.31.